The molecule has 0 unspecified atom stereocenters. The number of pyridine rings is 1. The first-order valence-corrected chi connectivity index (χ1v) is 12.4. The number of anilines is 2. The molecule has 2 amide bonds. The second-order valence-electron chi connectivity index (χ2n) is 8.99. The van der Waals surface area contributed by atoms with Gasteiger partial charge >= 0.3 is 0 Å². The fraction of sp³-hybridized carbons (Fsp3) is 0.296. The maximum absolute atomic E-state index is 12.9. The molecule has 186 valence electrons. The minimum absolute atomic E-state index is 0.0297. The van der Waals surface area contributed by atoms with Crippen molar-refractivity contribution < 1.29 is 14.3 Å². The number of H-pyrrole nitrogens is 1. The number of aromatic amines is 1. The minimum Gasteiger partial charge on any atom is -0.489 e. The van der Waals surface area contributed by atoms with E-state index >= 15 is 0 Å². The molecule has 0 radical (unpaired) electrons. The van der Waals surface area contributed by atoms with Crippen LogP contribution in [-0.2, 0) is 11.2 Å². The molecule has 0 bridgehead atoms. The Morgan fingerprint density at radius 1 is 1.39 bits per heavy atom. The summed E-state index contributed by atoms with van der Waals surface area (Å²) in [5.74, 6) is 0.348. The van der Waals surface area contributed by atoms with Gasteiger partial charge in [-0.3, -0.25) is 14.6 Å². The molecule has 2 aliphatic heterocycles. The Kier molecular flexibility index (Phi) is 6.69. The lowest BCUT2D eigenvalue weighted by atomic mass is 10.0. The van der Waals surface area contributed by atoms with Crippen molar-refractivity contribution in [2.24, 2.45) is 0 Å². The number of fused-ring (bicyclic) bond motifs is 1. The number of halogens is 1. The van der Waals surface area contributed by atoms with Gasteiger partial charge in [-0.25, -0.2) is 0 Å². The van der Waals surface area contributed by atoms with Gasteiger partial charge in [0.05, 0.1) is 29.2 Å². The summed E-state index contributed by atoms with van der Waals surface area (Å²) in [6.07, 6.45) is 7.19. The molecule has 2 aromatic heterocycles. The number of carbonyl (C=O) groups is 2. The molecule has 3 aromatic rings. The molecule has 1 fully saturated rings. The fourth-order valence-electron chi connectivity index (χ4n) is 4.89. The van der Waals surface area contributed by atoms with Crippen LogP contribution in [0.3, 0.4) is 0 Å². The first-order valence-electron chi connectivity index (χ1n) is 12.0. The highest BCUT2D eigenvalue weighted by atomic mass is 35.5. The first-order chi connectivity index (χ1) is 17.5. The summed E-state index contributed by atoms with van der Waals surface area (Å²) in [6, 6.07) is 7.47. The van der Waals surface area contributed by atoms with Crippen LogP contribution in [0.2, 0.25) is 5.02 Å². The Morgan fingerprint density at radius 3 is 3.08 bits per heavy atom. The Hall–Kier alpha value is -3.78. The predicted octanol–water partition coefficient (Wildman–Crippen LogP) is 4.62. The minimum atomic E-state index is -0.137. The van der Waals surface area contributed by atoms with E-state index in [1.165, 1.54) is 6.08 Å². The Balaban J connectivity index is 1.52. The molecule has 1 saturated heterocycles. The molecule has 1 aromatic carbocycles. The van der Waals surface area contributed by atoms with Gasteiger partial charge < -0.3 is 25.3 Å². The molecule has 5 rings (SSSR count). The van der Waals surface area contributed by atoms with Gasteiger partial charge in [-0.1, -0.05) is 24.2 Å². The highest BCUT2D eigenvalue weighted by molar-refractivity contribution is 6.31. The van der Waals surface area contributed by atoms with Gasteiger partial charge in [0.25, 0.3) is 5.91 Å². The van der Waals surface area contributed by atoms with E-state index in [9.17, 15) is 9.59 Å². The standard InChI is InChI=1S/C27H28ClN5O3/c1-3-23(34)33-13-5-6-17(33)15-36-22-14-29-11-9-18(22)25-26(24-21(32-25)10-12-30-27(24)35)31-20-8-4-7-19(28)16(20)2/h3-4,7-9,11,14,17,31-32H,1,5-6,10,12-13,15H2,2H3,(H,30,35)/t17-/m0/s1. The largest absolute Gasteiger partial charge is 0.489 e. The van der Waals surface area contributed by atoms with Crippen molar-refractivity contribution in [2.75, 3.05) is 25.0 Å². The molecule has 3 N–H and O–H groups in total. The molecule has 0 aliphatic carbocycles. The van der Waals surface area contributed by atoms with E-state index < -0.39 is 0 Å². The number of rotatable bonds is 7. The summed E-state index contributed by atoms with van der Waals surface area (Å²) in [5, 5.41) is 7.03. The molecule has 1 atom stereocenters. The third kappa shape index (κ3) is 4.44. The molecular weight excluding hydrogens is 478 g/mol. The zero-order valence-corrected chi connectivity index (χ0v) is 20.8. The van der Waals surface area contributed by atoms with Crippen LogP contribution in [0, 0.1) is 6.92 Å². The van der Waals surface area contributed by atoms with Crippen LogP contribution in [0.4, 0.5) is 11.4 Å². The second-order valence-corrected chi connectivity index (χ2v) is 9.39. The quantitative estimate of drug-likeness (QED) is 0.407. The van der Waals surface area contributed by atoms with Crippen molar-refractivity contribution in [1.82, 2.24) is 20.2 Å². The summed E-state index contributed by atoms with van der Waals surface area (Å²) in [6.45, 7) is 7.15. The molecule has 8 nitrogen and oxygen atoms in total. The maximum atomic E-state index is 12.9. The van der Waals surface area contributed by atoms with Crippen molar-refractivity contribution in [3.63, 3.8) is 0 Å². The number of nitrogens with zero attached hydrogens (tertiary/aromatic N) is 2. The van der Waals surface area contributed by atoms with Crippen LogP contribution in [0.1, 0.15) is 34.5 Å². The Morgan fingerprint density at radius 2 is 2.25 bits per heavy atom. The molecule has 2 aliphatic rings. The molecule has 0 spiro atoms. The van der Waals surface area contributed by atoms with Gasteiger partial charge in [0, 0.05) is 47.7 Å². The van der Waals surface area contributed by atoms with Crippen molar-refractivity contribution in [2.45, 2.75) is 32.2 Å². The van der Waals surface area contributed by atoms with E-state index in [2.05, 4.69) is 27.2 Å². The summed E-state index contributed by atoms with van der Waals surface area (Å²) < 4.78 is 6.25. The molecular formula is C27H28ClN5O3. The van der Waals surface area contributed by atoms with Crippen LogP contribution in [0.5, 0.6) is 5.75 Å². The Bertz CT molecular complexity index is 1330. The van der Waals surface area contributed by atoms with Crippen LogP contribution in [-0.4, -0.2) is 52.4 Å². The number of nitrogens with one attached hydrogen (secondary N) is 3. The summed E-state index contributed by atoms with van der Waals surface area (Å²) in [5.41, 5.74) is 5.30. The zero-order chi connectivity index (χ0) is 25.2. The second kappa shape index (κ2) is 10.1. The normalized spacial score (nSPS) is 16.9. The van der Waals surface area contributed by atoms with Gasteiger partial charge in [0.1, 0.15) is 12.4 Å². The van der Waals surface area contributed by atoms with E-state index in [-0.39, 0.29) is 17.9 Å². The number of aromatic nitrogens is 2. The topological polar surface area (TPSA) is 99.3 Å². The predicted molar refractivity (Wildman–Crippen MR) is 140 cm³/mol. The van der Waals surface area contributed by atoms with E-state index in [0.29, 0.717) is 48.1 Å². The highest BCUT2D eigenvalue weighted by Gasteiger charge is 2.30. The van der Waals surface area contributed by atoms with Crippen LogP contribution in [0.25, 0.3) is 11.3 Å². The number of ether oxygens (including phenoxy) is 1. The highest BCUT2D eigenvalue weighted by Crippen LogP contribution is 2.41. The average molecular weight is 506 g/mol. The molecule has 36 heavy (non-hydrogen) atoms. The number of hydrogen-bond acceptors (Lipinski definition) is 5. The van der Waals surface area contributed by atoms with Gasteiger partial charge in [-0.15, -0.1) is 0 Å². The van der Waals surface area contributed by atoms with Crippen LogP contribution < -0.4 is 15.4 Å². The van der Waals surface area contributed by atoms with Gasteiger partial charge in [-0.05, 0) is 49.6 Å². The van der Waals surface area contributed by atoms with Crippen molar-refractivity contribution in [3.8, 4) is 17.0 Å². The van der Waals surface area contributed by atoms with E-state index in [4.69, 9.17) is 16.3 Å². The fourth-order valence-corrected chi connectivity index (χ4v) is 5.06. The molecule has 4 heterocycles. The average Bonchev–Trinajstić information content (AvgIpc) is 3.51. The van der Waals surface area contributed by atoms with Crippen molar-refractivity contribution in [1.29, 1.82) is 0 Å². The molecule has 9 heteroatoms. The number of likely N-dealkylation sites (tertiary alicyclic amines) is 1. The number of amides is 2. The van der Waals surface area contributed by atoms with Crippen LogP contribution in [0.15, 0.2) is 49.3 Å². The zero-order valence-electron chi connectivity index (χ0n) is 20.1. The third-order valence-electron chi connectivity index (χ3n) is 6.81. The maximum Gasteiger partial charge on any atom is 0.255 e. The lowest BCUT2D eigenvalue weighted by molar-refractivity contribution is -0.127. The smallest absolute Gasteiger partial charge is 0.255 e. The lowest BCUT2D eigenvalue weighted by Crippen LogP contribution is -2.38. The number of hydrogen-bond donors (Lipinski definition) is 3. The number of benzene rings is 1. The van der Waals surface area contributed by atoms with Gasteiger partial charge in [-0.2, -0.15) is 0 Å². The van der Waals surface area contributed by atoms with Crippen LogP contribution >= 0.6 is 11.6 Å². The summed E-state index contributed by atoms with van der Waals surface area (Å²) in [4.78, 5) is 34.7. The number of carbonyl (C=O) groups excluding carboxylic acids is 2. The van der Waals surface area contributed by atoms with Crippen molar-refractivity contribution >= 4 is 34.8 Å². The van der Waals surface area contributed by atoms with Gasteiger partial charge in [0.15, 0.2) is 0 Å². The van der Waals surface area contributed by atoms with Gasteiger partial charge in [0.2, 0.25) is 5.91 Å². The molecule has 0 saturated carbocycles. The SMILES string of the molecule is C=CC(=O)N1CCC[C@H]1COc1cnccc1-c1[nH]c2c(c1Nc1cccc(Cl)c1C)C(=O)NCC2. The van der Waals surface area contributed by atoms with E-state index in [0.717, 1.165) is 41.0 Å². The summed E-state index contributed by atoms with van der Waals surface area (Å²) >= 11 is 6.37. The third-order valence-corrected chi connectivity index (χ3v) is 7.22. The summed E-state index contributed by atoms with van der Waals surface area (Å²) in [7, 11) is 0. The van der Waals surface area contributed by atoms with E-state index in [1.54, 1.807) is 17.3 Å². The lowest BCUT2D eigenvalue weighted by Gasteiger charge is -2.24. The van der Waals surface area contributed by atoms with E-state index in [1.807, 2.05) is 31.2 Å². The monoisotopic (exact) mass is 505 g/mol. The van der Waals surface area contributed by atoms with Crippen molar-refractivity contribution in [3.05, 3.63) is 71.2 Å². The first kappa shape index (κ1) is 23.9. The Labute approximate surface area is 214 Å².